The molecule has 6 nitrogen and oxygen atoms in total. The van der Waals surface area contributed by atoms with Crippen molar-refractivity contribution in [2.24, 2.45) is 11.3 Å². The van der Waals surface area contributed by atoms with Gasteiger partial charge in [0.25, 0.3) is 5.91 Å². The molecular weight excluding hydrogens is 354 g/mol. The Hall–Kier alpha value is -2.86. The third kappa shape index (κ3) is 3.73. The highest BCUT2D eigenvalue weighted by Crippen LogP contribution is 2.58. The fourth-order valence-corrected chi connectivity index (χ4v) is 4.08. The number of piperidine rings is 1. The molecule has 1 spiro atoms. The van der Waals surface area contributed by atoms with Gasteiger partial charge in [-0.15, -0.1) is 0 Å². The smallest absolute Gasteiger partial charge is 0.257 e. The van der Waals surface area contributed by atoms with Gasteiger partial charge in [-0.05, 0) is 74.2 Å². The van der Waals surface area contributed by atoms with Gasteiger partial charge in [-0.2, -0.15) is 0 Å². The lowest BCUT2D eigenvalue weighted by atomic mass is 9.91. The van der Waals surface area contributed by atoms with Gasteiger partial charge in [-0.1, -0.05) is 12.1 Å². The predicted molar refractivity (Wildman–Crippen MR) is 109 cm³/mol. The summed E-state index contributed by atoms with van der Waals surface area (Å²) in [7, 11) is 1.60. The molecule has 6 heteroatoms. The third-order valence-electron chi connectivity index (χ3n) is 5.88. The third-order valence-corrected chi connectivity index (χ3v) is 5.88. The van der Waals surface area contributed by atoms with E-state index in [0.29, 0.717) is 16.9 Å². The first-order valence-electron chi connectivity index (χ1n) is 9.67. The second-order valence-corrected chi connectivity index (χ2v) is 7.59. The van der Waals surface area contributed by atoms with E-state index in [1.807, 2.05) is 6.07 Å². The second-order valence-electron chi connectivity index (χ2n) is 7.59. The molecule has 146 valence electrons. The molecule has 4 rings (SSSR count). The van der Waals surface area contributed by atoms with Crippen LogP contribution < -0.4 is 20.7 Å². The van der Waals surface area contributed by atoms with Crippen molar-refractivity contribution in [2.75, 3.05) is 30.8 Å². The van der Waals surface area contributed by atoms with E-state index in [0.717, 1.165) is 38.1 Å². The number of amides is 2. The maximum absolute atomic E-state index is 12.8. The molecule has 2 aromatic rings. The molecule has 28 heavy (non-hydrogen) atoms. The Labute approximate surface area is 164 Å². The molecule has 2 aromatic carbocycles. The van der Waals surface area contributed by atoms with Crippen LogP contribution in [0.15, 0.2) is 48.5 Å². The van der Waals surface area contributed by atoms with E-state index in [1.165, 1.54) is 0 Å². The first-order chi connectivity index (χ1) is 13.6. The van der Waals surface area contributed by atoms with Crippen LogP contribution in [0.4, 0.5) is 11.4 Å². The number of ether oxygens (including phenoxy) is 1. The second kappa shape index (κ2) is 7.64. The zero-order valence-corrected chi connectivity index (χ0v) is 16.0. The van der Waals surface area contributed by atoms with Crippen molar-refractivity contribution in [1.29, 1.82) is 0 Å². The molecule has 1 saturated heterocycles. The van der Waals surface area contributed by atoms with Crippen LogP contribution >= 0.6 is 0 Å². The molecule has 0 aromatic heterocycles. The summed E-state index contributed by atoms with van der Waals surface area (Å²) in [6.07, 6.45) is 3.04. The van der Waals surface area contributed by atoms with E-state index >= 15 is 0 Å². The molecule has 0 radical (unpaired) electrons. The largest absolute Gasteiger partial charge is 0.497 e. The van der Waals surface area contributed by atoms with Gasteiger partial charge in [0.15, 0.2) is 0 Å². The molecule has 2 fully saturated rings. The maximum atomic E-state index is 12.8. The van der Waals surface area contributed by atoms with Gasteiger partial charge in [-0.3, -0.25) is 9.59 Å². The van der Waals surface area contributed by atoms with Gasteiger partial charge in [0.1, 0.15) is 5.75 Å². The first-order valence-corrected chi connectivity index (χ1v) is 9.67. The molecule has 1 unspecified atom stereocenters. The van der Waals surface area contributed by atoms with Crippen molar-refractivity contribution < 1.29 is 14.3 Å². The molecule has 1 aliphatic heterocycles. The fraction of sp³-hybridized carbons (Fsp3) is 0.364. The van der Waals surface area contributed by atoms with E-state index in [1.54, 1.807) is 49.6 Å². The van der Waals surface area contributed by atoms with Crippen molar-refractivity contribution in [1.82, 2.24) is 5.32 Å². The topological polar surface area (TPSA) is 79.5 Å². The highest BCUT2D eigenvalue weighted by molar-refractivity contribution is 6.10. The van der Waals surface area contributed by atoms with Crippen molar-refractivity contribution in [3.05, 3.63) is 54.1 Å². The average Bonchev–Trinajstić information content (AvgIpc) is 3.42. The van der Waals surface area contributed by atoms with Gasteiger partial charge < -0.3 is 20.7 Å². The van der Waals surface area contributed by atoms with Gasteiger partial charge in [0.05, 0.1) is 18.4 Å². The summed E-state index contributed by atoms with van der Waals surface area (Å²) < 4.78 is 5.13. The van der Waals surface area contributed by atoms with Crippen molar-refractivity contribution in [3.63, 3.8) is 0 Å². The highest BCUT2D eigenvalue weighted by Gasteiger charge is 2.57. The number of hydrogen-bond donors (Lipinski definition) is 3. The average molecular weight is 379 g/mol. The molecule has 1 heterocycles. The monoisotopic (exact) mass is 379 g/mol. The van der Waals surface area contributed by atoms with Crippen molar-refractivity contribution in [2.45, 2.75) is 19.3 Å². The Morgan fingerprint density at radius 2 is 1.75 bits per heavy atom. The predicted octanol–water partition coefficient (Wildman–Crippen LogP) is 3.28. The zero-order chi connectivity index (χ0) is 19.6. The number of methoxy groups -OCH3 is 1. The number of para-hydroxylation sites is 1. The number of carbonyl (C=O) groups is 2. The molecule has 1 atom stereocenters. The minimum Gasteiger partial charge on any atom is -0.497 e. The summed E-state index contributed by atoms with van der Waals surface area (Å²) in [5.74, 6) is 0.536. The Bertz CT molecular complexity index is 873. The Morgan fingerprint density at radius 3 is 2.46 bits per heavy atom. The molecule has 2 amide bonds. The number of anilines is 2. The maximum Gasteiger partial charge on any atom is 0.257 e. The van der Waals surface area contributed by atoms with E-state index in [-0.39, 0.29) is 23.1 Å². The summed E-state index contributed by atoms with van der Waals surface area (Å²) in [6.45, 7) is 1.95. The van der Waals surface area contributed by atoms with Crippen molar-refractivity contribution in [3.8, 4) is 5.75 Å². The minimum absolute atomic E-state index is 0.0200. The zero-order valence-electron chi connectivity index (χ0n) is 16.0. The lowest BCUT2D eigenvalue weighted by Crippen LogP contribution is -2.31. The summed E-state index contributed by atoms with van der Waals surface area (Å²) in [4.78, 5) is 25.5. The number of benzene rings is 2. The Kier molecular flexibility index (Phi) is 5.05. The molecule has 3 N–H and O–H groups in total. The first kappa shape index (κ1) is 18.5. The summed E-state index contributed by atoms with van der Waals surface area (Å²) in [6, 6.07) is 14.3. The molecular formula is C22H25N3O3. The van der Waals surface area contributed by atoms with Gasteiger partial charge in [-0.25, -0.2) is 0 Å². The number of rotatable bonds is 5. The van der Waals surface area contributed by atoms with Gasteiger partial charge in [0, 0.05) is 11.6 Å². The van der Waals surface area contributed by atoms with E-state index in [9.17, 15) is 9.59 Å². The van der Waals surface area contributed by atoms with Crippen LogP contribution in [0.2, 0.25) is 0 Å². The quantitative estimate of drug-likeness (QED) is 0.745. The van der Waals surface area contributed by atoms with Crippen LogP contribution in [0.1, 0.15) is 29.6 Å². The molecule has 1 saturated carbocycles. The molecule has 2 aliphatic rings. The molecule has 1 aliphatic carbocycles. The number of hydrogen-bond acceptors (Lipinski definition) is 4. The van der Waals surface area contributed by atoms with Crippen molar-refractivity contribution >= 4 is 23.2 Å². The standard InChI is InChI=1S/C22H25N3O3/c1-28-16-8-6-15(7-9-16)24-20(26)17-4-2-3-5-19(17)25-21(27)18-14-22(18)10-12-23-13-11-22/h2-9,18,23H,10-14H2,1H3,(H,24,26)(H,25,27). The van der Waals surface area contributed by atoms with Crippen LogP contribution in [0.3, 0.4) is 0 Å². The summed E-state index contributed by atoms with van der Waals surface area (Å²) >= 11 is 0. The van der Waals surface area contributed by atoms with E-state index < -0.39 is 0 Å². The van der Waals surface area contributed by atoms with Crippen LogP contribution in [-0.2, 0) is 4.79 Å². The lowest BCUT2D eigenvalue weighted by Gasteiger charge is -2.23. The van der Waals surface area contributed by atoms with E-state index in [2.05, 4.69) is 16.0 Å². The Balaban J connectivity index is 1.44. The summed E-state index contributed by atoms with van der Waals surface area (Å²) in [5.41, 5.74) is 1.83. The highest BCUT2D eigenvalue weighted by atomic mass is 16.5. The molecule has 0 bridgehead atoms. The van der Waals surface area contributed by atoms with Crippen LogP contribution in [0.25, 0.3) is 0 Å². The number of nitrogens with one attached hydrogen (secondary N) is 3. The minimum atomic E-state index is -0.256. The van der Waals surface area contributed by atoms with E-state index in [4.69, 9.17) is 4.74 Å². The van der Waals surface area contributed by atoms with Gasteiger partial charge >= 0.3 is 0 Å². The SMILES string of the molecule is COc1ccc(NC(=O)c2ccccc2NC(=O)C2CC23CCNCC3)cc1. The fourth-order valence-electron chi connectivity index (χ4n) is 4.08. The Morgan fingerprint density at radius 1 is 1.04 bits per heavy atom. The normalized spacial score (nSPS) is 19.7. The van der Waals surface area contributed by atoms with Crippen LogP contribution in [0.5, 0.6) is 5.75 Å². The van der Waals surface area contributed by atoms with Crippen LogP contribution in [-0.4, -0.2) is 32.0 Å². The van der Waals surface area contributed by atoms with Gasteiger partial charge in [0.2, 0.25) is 5.91 Å². The summed E-state index contributed by atoms with van der Waals surface area (Å²) in [5, 5.41) is 9.21. The van der Waals surface area contributed by atoms with Crippen LogP contribution in [0, 0.1) is 11.3 Å². The lowest BCUT2D eigenvalue weighted by molar-refractivity contribution is -0.118. The number of carbonyl (C=O) groups excluding carboxylic acids is 2.